The first-order valence-electron chi connectivity index (χ1n) is 39.2. The van der Waals surface area contributed by atoms with Crippen LogP contribution in [0.2, 0.25) is 0 Å². The Labute approximate surface area is 639 Å². The van der Waals surface area contributed by atoms with Crippen LogP contribution in [-0.4, -0.2) is 43.6 Å². The first-order valence-corrected chi connectivity index (χ1v) is 36.7. The Kier molecular flexibility index (Phi) is 13.5. The summed E-state index contributed by atoms with van der Waals surface area (Å²) >= 11 is 0. The van der Waals surface area contributed by atoms with Gasteiger partial charge in [-0.25, -0.2) is 0 Å². The molecule has 0 fully saturated rings. The van der Waals surface area contributed by atoms with Crippen molar-refractivity contribution in [2.45, 2.75) is 19.3 Å². The number of aromatic nitrogens is 9. The molecule has 0 atom stereocenters. The largest absolute Gasteiger partial charge is 0.307 e. The number of hydrogen-bond acceptors (Lipinski definition) is 7. The van der Waals surface area contributed by atoms with Gasteiger partial charge in [0, 0.05) is 91.6 Å². The highest BCUT2D eigenvalue weighted by molar-refractivity contribution is 6.18. The van der Waals surface area contributed by atoms with Crippen LogP contribution in [0.4, 0.5) is 0 Å². The molecule has 0 saturated carbocycles. The van der Waals surface area contributed by atoms with Crippen LogP contribution in [0.3, 0.4) is 0 Å². The molecule has 10 nitrogen and oxygen atoms in total. The Morgan fingerprint density at radius 3 is 1.05 bits per heavy atom. The van der Waals surface area contributed by atoms with Crippen molar-refractivity contribution in [3.8, 4) is 67.6 Å². The maximum Gasteiger partial charge on any atom is 0.113 e. The van der Waals surface area contributed by atoms with Crippen molar-refractivity contribution in [2.75, 3.05) is 0 Å². The Hall–Kier alpha value is -14.8. The highest BCUT2D eigenvalue weighted by Gasteiger charge is 2.35. The molecule has 22 aromatic rings. The first-order chi connectivity index (χ1) is 56.4. The van der Waals surface area contributed by atoms with E-state index in [0.29, 0.717) is 22.2 Å². The number of nitrogens with zero attached hydrogens (tertiary/aromatic N) is 10. The zero-order valence-corrected chi connectivity index (χ0v) is 59.6. The van der Waals surface area contributed by atoms with Crippen LogP contribution in [0.1, 0.15) is 37.4 Å². The molecule has 0 bridgehead atoms. The second-order valence-corrected chi connectivity index (χ2v) is 28.5. The van der Waals surface area contributed by atoms with Gasteiger partial charge < -0.3 is 13.7 Å². The number of nitriles is 1. The summed E-state index contributed by atoms with van der Waals surface area (Å²) in [5.74, 6) is 0. The van der Waals surface area contributed by atoms with Gasteiger partial charge in [0.15, 0.2) is 0 Å². The zero-order valence-electron chi connectivity index (χ0n) is 64.6. The minimum atomic E-state index is -0.423. The summed E-state index contributed by atoms with van der Waals surface area (Å²) in [6.45, 7) is 4.64. The van der Waals surface area contributed by atoms with E-state index >= 15 is 0 Å². The molecule has 0 N–H and O–H groups in total. The van der Waals surface area contributed by atoms with E-state index in [1.54, 1.807) is 43.2 Å². The van der Waals surface area contributed by atoms with Gasteiger partial charge in [-0.2, -0.15) is 5.26 Å². The lowest BCUT2D eigenvalue weighted by Crippen LogP contribution is -2.14. The van der Waals surface area contributed by atoms with Crippen LogP contribution in [0.15, 0.2) is 353 Å². The van der Waals surface area contributed by atoms with E-state index in [0.717, 1.165) is 105 Å². The summed E-state index contributed by atoms with van der Waals surface area (Å²) in [5.41, 5.74) is 24.8. The Balaban J connectivity index is 0.000000109. The predicted octanol–water partition coefficient (Wildman–Crippen LogP) is 24.8. The Morgan fingerprint density at radius 2 is 0.627 bits per heavy atom. The number of fused-ring (bicyclic) bond motifs is 18. The van der Waals surface area contributed by atoms with Gasteiger partial charge >= 0.3 is 0 Å². The molecular weight excluding hydrogens is 1340 g/mol. The lowest BCUT2D eigenvalue weighted by Gasteiger charge is -2.21. The zero-order chi connectivity index (χ0) is 77.5. The summed E-state index contributed by atoms with van der Waals surface area (Å²) < 4.78 is 48.1. The maximum atomic E-state index is 9.18. The van der Waals surface area contributed by atoms with E-state index in [1.165, 1.54) is 76.4 Å². The highest BCUT2D eigenvalue weighted by Crippen LogP contribution is 2.51. The maximum absolute atomic E-state index is 9.18. The molecular formula is C100H64N10. The molecule has 0 aliphatic heterocycles. The van der Waals surface area contributed by atoms with Gasteiger partial charge in [0.05, 0.1) is 85.2 Å². The van der Waals surface area contributed by atoms with Gasteiger partial charge in [-0.05, 0) is 180 Å². The second kappa shape index (κ2) is 25.5. The molecule has 0 spiro atoms. The molecule has 1 aliphatic rings. The van der Waals surface area contributed by atoms with Crippen LogP contribution < -0.4 is 0 Å². The summed E-state index contributed by atoms with van der Waals surface area (Å²) in [6, 6.07) is 100. The third kappa shape index (κ3) is 10.2. The Morgan fingerprint density at radius 1 is 0.282 bits per heavy atom. The molecule has 110 heavy (non-hydrogen) atoms. The van der Waals surface area contributed by atoms with Crippen molar-refractivity contribution >= 4 is 131 Å². The topological polar surface area (TPSA) is 116 Å². The van der Waals surface area contributed by atoms with Gasteiger partial charge in [0.1, 0.15) is 16.6 Å². The monoisotopic (exact) mass is 1410 g/mol. The molecule has 1 aliphatic carbocycles. The molecule has 0 radical (unpaired) electrons. The van der Waals surface area contributed by atoms with E-state index in [2.05, 4.69) is 268 Å². The lowest BCUT2D eigenvalue weighted by molar-refractivity contribution is 0.660. The van der Waals surface area contributed by atoms with E-state index in [9.17, 15) is 5.26 Å². The minimum absolute atomic E-state index is 0.0170. The van der Waals surface area contributed by atoms with Gasteiger partial charge in [0.25, 0.3) is 0 Å². The van der Waals surface area contributed by atoms with Crippen molar-refractivity contribution < 1.29 is 6.85 Å². The molecule has 514 valence electrons. The van der Waals surface area contributed by atoms with E-state index < -0.39 is 6.04 Å². The fraction of sp³-hybridized carbons (Fsp3) is 0.0300. The van der Waals surface area contributed by atoms with Crippen molar-refractivity contribution in [3.63, 3.8) is 0 Å². The van der Waals surface area contributed by atoms with Gasteiger partial charge in [-0.15, -0.1) is 0 Å². The fourth-order valence-corrected chi connectivity index (χ4v) is 17.1. The lowest BCUT2D eigenvalue weighted by atomic mass is 9.82. The second-order valence-electron chi connectivity index (χ2n) is 28.5. The molecule has 0 unspecified atom stereocenters. The van der Waals surface area contributed by atoms with Gasteiger partial charge in [-0.1, -0.05) is 220 Å². The average molecular weight is 1410 g/mol. The number of para-hydroxylation sites is 3. The van der Waals surface area contributed by atoms with Crippen LogP contribution in [0, 0.1) is 11.3 Å². The third-order valence-corrected chi connectivity index (χ3v) is 22.1. The normalized spacial score (nSPS) is 13.0. The molecule has 16 aromatic carbocycles. The minimum Gasteiger partial charge on any atom is -0.307 e. The quantitative estimate of drug-likeness (QED) is 0.163. The van der Waals surface area contributed by atoms with Crippen molar-refractivity contribution in [1.82, 2.24) is 43.6 Å². The molecule has 10 heteroatoms. The van der Waals surface area contributed by atoms with Crippen molar-refractivity contribution in [1.29, 1.82) is 5.26 Å². The standard InChI is InChI=1S/C39H27N3.C31H18N4.C30H19N3/c1-39(2)32-13-7-5-11-28(32)30-22-26(15-17-33(30)39)27-16-18-35(38-37(27)40-19-20-41-38)42-34-14-8-6-12-29(34)31-21-24-9-3-4-10-25(24)23-36(31)42;32-19-20-9-11-21(12-10-20)24-13-14-28(31-30(24)33-15-16-34-31)35-27-8-4-3-7-25(27)26-17-22-5-1-2-6-23(22)18-29(26)35;1-2-8-20(9-3-1)23-14-15-27(30-29(23)31-16-17-32-30)33-26-13-7-6-12-24(26)25-18-21-10-4-5-11-22(21)19-28(25)33/h3-23H,1-2H3;1-18H;1-19H/i;;1D,2D,3D,8D,9D. The summed E-state index contributed by atoms with van der Waals surface area (Å²) in [6.07, 6.45) is 10.3. The Bertz CT molecular complexity index is 7900. The average Bonchev–Trinajstić information content (AvgIpc) is 1.63. The van der Waals surface area contributed by atoms with E-state index in [-0.39, 0.29) is 35.1 Å². The van der Waals surface area contributed by atoms with Crippen LogP contribution >= 0.6 is 0 Å². The van der Waals surface area contributed by atoms with E-state index in [4.69, 9.17) is 26.8 Å². The fourth-order valence-electron chi connectivity index (χ4n) is 17.1. The number of benzene rings is 16. The van der Waals surface area contributed by atoms with Gasteiger partial charge in [-0.3, -0.25) is 29.9 Å². The highest BCUT2D eigenvalue weighted by atomic mass is 15.0. The molecule has 6 heterocycles. The van der Waals surface area contributed by atoms with Crippen LogP contribution in [-0.2, 0) is 5.41 Å². The summed E-state index contributed by atoms with van der Waals surface area (Å²) in [7, 11) is 0. The first kappa shape index (κ1) is 58.5. The predicted molar refractivity (Wildman–Crippen MR) is 453 cm³/mol. The SMILES string of the molecule is CC1(C)c2ccccc2-c2cc(-c3ccc(-n4c5ccccc5c5cc6ccccc6cc54)c4nccnc34)ccc21.N#Cc1ccc(-c2ccc(-n3c4ccccc4c4cc5ccccc5cc43)c3nccnc23)cc1.[2H]c1c([2H])c([2H])c(-c2ccc(-n3c4ccccc4c4cc5ccccc5cc43)c3nccnc23)c([2H])c1[2H]. The van der Waals surface area contributed by atoms with Crippen molar-refractivity contribution in [3.05, 3.63) is 369 Å². The van der Waals surface area contributed by atoms with Crippen molar-refractivity contribution in [2.24, 2.45) is 0 Å². The number of hydrogen-bond donors (Lipinski definition) is 0. The molecule has 0 saturated heterocycles. The van der Waals surface area contributed by atoms with E-state index in [1.807, 2.05) is 54.6 Å². The summed E-state index contributed by atoms with van der Waals surface area (Å²) in [4.78, 5) is 28.7. The van der Waals surface area contributed by atoms with Crippen LogP contribution in [0.5, 0.6) is 0 Å². The number of rotatable bonds is 6. The van der Waals surface area contributed by atoms with Crippen LogP contribution in [0.25, 0.3) is 192 Å². The summed E-state index contributed by atoms with van der Waals surface area (Å²) in [5, 5.41) is 23.5. The third-order valence-electron chi connectivity index (χ3n) is 22.1. The molecule has 0 amide bonds. The smallest absolute Gasteiger partial charge is 0.113 e. The van der Waals surface area contributed by atoms with Gasteiger partial charge in [0.2, 0.25) is 0 Å². The molecule has 23 rings (SSSR count). The molecule has 6 aromatic heterocycles.